The second kappa shape index (κ2) is 6.12. The zero-order valence-corrected chi connectivity index (χ0v) is 9.64. The fraction of sp³-hybridized carbons (Fsp3) is 0.417. The third-order valence-corrected chi connectivity index (χ3v) is 2.38. The lowest BCUT2D eigenvalue weighted by molar-refractivity contribution is 0.0697. The molecule has 0 aliphatic carbocycles. The molecule has 0 saturated heterocycles. The van der Waals surface area contributed by atoms with Crippen molar-refractivity contribution in [1.82, 2.24) is 0 Å². The molecule has 16 heavy (non-hydrogen) atoms. The van der Waals surface area contributed by atoms with Crippen molar-refractivity contribution in [3.8, 4) is 0 Å². The van der Waals surface area contributed by atoms with Crippen LogP contribution in [-0.4, -0.2) is 38.4 Å². The van der Waals surface area contributed by atoms with Crippen molar-refractivity contribution in [2.45, 2.75) is 6.42 Å². The van der Waals surface area contributed by atoms with Gasteiger partial charge in [0.05, 0.1) is 5.56 Å². The van der Waals surface area contributed by atoms with E-state index in [2.05, 4.69) is 0 Å². The van der Waals surface area contributed by atoms with Crippen LogP contribution in [-0.2, 0) is 4.74 Å². The Kier molecular flexibility index (Phi) is 4.79. The number of carboxylic acid groups (broad SMARTS) is 1. The van der Waals surface area contributed by atoms with Crippen LogP contribution >= 0.6 is 0 Å². The molecule has 0 spiro atoms. The first-order valence-electron chi connectivity index (χ1n) is 5.18. The van der Waals surface area contributed by atoms with Gasteiger partial charge in [-0.25, -0.2) is 4.79 Å². The van der Waals surface area contributed by atoms with E-state index in [-0.39, 0.29) is 0 Å². The van der Waals surface area contributed by atoms with Gasteiger partial charge in [0.25, 0.3) is 0 Å². The average molecular weight is 223 g/mol. The Balaban J connectivity index is 2.64. The van der Waals surface area contributed by atoms with E-state index in [1.165, 1.54) is 0 Å². The largest absolute Gasteiger partial charge is 0.478 e. The summed E-state index contributed by atoms with van der Waals surface area (Å²) in [7, 11) is 3.61. The van der Waals surface area contributed by atoms with Gasteiger partial charge in [0, 0.05) is 33.0 Å². The monoisotopic (exact) mass is 223 g/mol. The molecule has 0 unspecified atom stereocenters. The second-order valence-corrected chi connectivity index (χ2v) is 3.62. The third kappa shape index (κ3) is 3.55. The van der Waals surface area contributed by atoms with E-state index in [4.69, 9.17) is 9.84 Å². The van der Waals surface area contributed by atoms with Crippen molar-refractivity contribution in [1.29, 1.82) is 0 Å². The van der Waals surface area contributed by atoms with Gasteiger partial charge in [0.1, 0.15) is 0 Å². The van der Waals surface area contributed by atoms with Gasteiger partial charge in [-0.3, -0.25) is 0 Å². The summed E-state index contributed by atoms with van der Waals surface area (Å²) < 4.78 is 4.97. The van der Waals surface area contributed by atoms with Crippen molar-refractivity contribution < 1.29 is 14.6 Å². The highest BCUT2D eigenvalue weighted by Gasteiger charge is 2.05. The first-order chi connectivity index (χ1) is 7.65. The van der Waals surface area contributed by atoms with Crippen LogP contribution in [0.25, 0.3) is 0 Å². The molecule has 0 bridgehead atoms. The minimum Gasteiger partial charge on any atom is -0.478 e. The Hall–Kier alpha value is -1.55. The molecule has 1 aromatic rings. The number of benzene rings is 1. The minimum absolute atomic E-state index is 0.316. The molecule has 1 aromatic carbocycles. The van der Waals surface area contributed by atoms with Crippen LogP contribution in [0.2, 0.25) is 0 Å². The summed E-state index contributed by atoms with van der Waals surface area (Å²) in [5.41, 5.74) is 1.23. The summed E-state index contributed by atoms with van der Waals surface area (Å²) in [5, 5.41) is 8.87. The van der Waals surface area contributed by atoms with Crippen LogP contribution in [0.5, 0.6) is 0 Å². The van der Waals surface area contributed by atoms with Gasteiger partial charge in [0.15, 0.2) is 0 Å². The van der Waals surface area contributed by atoms with Crippen LogP contribution in [0.3, 0.4) is 0 Å². The van der Waals surface area contributed by atoms with Crippen LogP contribution in [0.15, 0.2) is 24.3 Å². The molecule has 0 radical (unpaired) electrons. The number of carboxylic acids is 1. The molecule has 88 valence electrons. The van der Waals surface area contributed by atoms with E-state index < -0.39 is 5.97 Å². The number of carbonyl (C=O) groups is 1. The molecule has 0 atom stereocenters. The van der Waals surface area contributed by atoms with Crippen molar-refractivity contribution >= 4 is 11.7 Å². The summed E-state index contributed by atoms with van der Waals surface area (Å²) in [6.07, 6.45) is 0.921. The van der Waals surface area contributed by atoms with E-state index >= 15 is 0 Å². The molecular formula is C12H17NO3. The Morgan fingerprint density at radius 2 is 2.25 bits per heavy atom. The van der Waals surface area contributed by atoms with E-state index in [1.807, 2.05) is 18.0 Å². The molecule has 0 heterocycles. The minimum atomic E-state index is -0.896. The number of rotatable bonds is 6. The van der Waals surface area contributed by atoms with Gasteiger partial charge in [-0.05, 0) is 24.6 Å². The number of methoxy groups -OCH3 is 1. The fourth-order valence-corrected chi connectivity index (χ4v) is 1.45. The molecule has 1 N–H and O–H groups in total. The average Bonchev–Trinajstić information content (AvgIpc) is 2.29. The molecule has 0 aliphatic rings. The summed E-state index contributed by atoms with van der Waals surface area (Å²) in [4.78, 5) is 12.8. The Bertz CT molecular complexity index is 352. The summed E-state index contributed by atoms with van der Waals surface area (Å²) in [6.45, 7) is 1.56. The molecule has 0 amide bonds. The maximum Gasteiger partial charge on any atom is 0.335 e. The summed E-state index contributed by atoms with van der Waals surface area (Å²) in [6, 6.07) is 6.93. The van der Waals surface area contributed by atoms with E-state index in [9.17, 15) is 4.79 Å². The molecular weight excluding hydrogens is 206 g/mol. The molecule has 0 aromatic heterocycles. The number of hydrogen-bond acceptors (Lipinski definition) is 3. The molecule has 0 fully saturated rings. The quantitative estimate of drug-likeness (QED) is 0.748. The van der Waals surface area contributed by atoms with E-state index in [1.54, 1.807) is 25.3 Å². The van der Waals surface area contributed by atoms with Gasteiger partial charge in [-0.15, -0.1) is 0 Å². The number of nitrogens with zero attached hydrogens (tertiary/aromatic N) is 1. The SMILES string of the molecule is COCCCN(C)c1cccc(C(=O)O)c1. The van der Waals surface area contributed by atoms with E-state index in [0.717, 1.165) is 18.7 Å². The van der Waals surface area contributed by atoms with Crippen molar-refractivity contribution in [2.75, 3.05) is 32.2 Å². The molecule has 1 rings (SSSR count). The van der Waals surface area contributed by atoms with Gasteiger partial charge in [-0.2, -0.15) is 0 Å². The molecule has 0 aliphatic heterocycles. The maximum atomic E-state index is 10.8. The van der Waals surface area contributed by atoms with Crippen molar-refractivity contribution in [3.05, 3.63) is 29.8 Å². The number of ether oxygens (including phenoxy) is 1. The number of anilines is 1. The highest BCUT2D eigenvalue weighted by atomic mass is 16.5. The lowest BCUT2D eigenvalue weighted by atomic mass is 10.2. The van der Waals surface area contributed by atoms with Gasteiger partial charge >= 0.3 is 5.97 Å². The molecule has 4 nitrogen and oxygen atoms in total. The summed E-state index contributed by atoms with van der Waals surface area (Å²) >= 11 is 0. The fourth-order valence-electron chi connectivity index (χ4n) is 1.45. The zero-order valence-electron chi connectivity index (χ0n) is 9.64. The third-order valence-electron chi connectivity index (χ3n) is 2.38. The second-order valence-electron chi connectivity index (χ2n) is 3.62. The number of aromatic carboxylic acids is 1. The van der Waals surface area contributed by atoms with Crippen molar-refractivity contribution in [2.24, 2.45) is 0 Å². The Labute approximate surface area is 95.5 Å². The van der Waals surface area contributed by atoms with Gasteiger partial charge in [-0.1, -0.05) is 6.07 Å². The van der Waals surface area contributed by atoms with Crippen LogP contribution in [0.4, 0.5) is 5.69 Å². The van der Waals surface area contributed by atoms with E-state index in [0.29, 0.717) is 12.2 Å². The Morgan fingerprint density at radius 3 is 2.88 bits per heavy atom. The zero-order chi connectivity index (χ0) is 12.0. The highest BCUT2D eigenvalue weighted by molar-refractivity contribution is 5.88. The van der Waals surface area contributed by atoms with Crippen molar-refractivity contribution in [3.63, 3.8) is 0 Å². The predicted octanol–water partition coefficient (Wildman–Crippen LogP) is 1.86. The Morgan fingerprint density at radius 1 is 1.50 bits per heavy atom. The molecule has 4 heteroatoms. The molecule has 0 saturated carbocycles. The maximum absolute atomic E-state index is 10.8. The topological polar surface area (TPSA) is 49.8 Å². The predicted molar refractivity (Wildman–Crippen MR) is 63.2 cm³/mol. The van der Waals surface area contributed by atoms with Gasteiger partial charge < -0.3 is 14.7 Å². The normalized spacial score (nSPS) is 10.1. The smallest absolute Gasteiger partial charge is 0.335 e. The highest BCUT2D eigenvalue weighted by Crippen LogP contribution is 2.15. The van der Waals surface area contributed by atoms with Crippen LogP contribution in [0, 0.1) is 0 Å². The van der Waals surface area contributed by atoms with Crippen LogP contribution in [0.1, 0.15) is 16.8 Å². The first kappa shape index (κ1) is 12.5. The summed E-state index contributed by atoms with van der Waals surface area (Å²) in [5.74, 6) is -0.896. The standard InChI is InChI=1S/C12H17NO3/c1-13(7-4-8-16-2)11-6-3-5-10(9-11)12(14)15/h3,5-6,9H,4,7-8H2,1-2H3,(H,14,15). The van der Waals surface area contributed by atoms with Gasteiger partial charge in [0.2, 0.25) is 0 Å². The lowest BCUT2D eigenvalue weighted by Gasteiger charge is -2.19. The van der Waals surface area contributed by atoms with Crippen LogP contribution < -0.4 is 4.90 Å². The lowest BCUT2D eigenvalue weighted by Crippen LogP contribution is -2.19. The first-order valence-corrected chi connectivity index (χ1v) is 5.18. The number of hydrogen-bond donors (Lipinski definition) is 1.